The number of ketones is 1. The number of hydrogen-bond donors (Lipinski definition) is 0. The zero-order valence-electron chi connectivity index (χ0n) is 18.9. The van der Waals surface area contributed by atoms with E-state index in [4.69, 9.17) is 9.47 Å². The van der Waals surface area contributed by atoms with Gasteiger partial charge in [0.25, 0.3) is 0 Å². The molecule has 0 aliphatic rings. The summed E-state index contributed by atoms with van der Waals surface area (Å²) in [5.74, 6) is 0.418. The first-order valence-electron chi connectivity index (χ1n) is 10.7. The number of rotatable bonds is 10. The van der Waals surface area contributed by atoms with E-state index in [1.807, 2.05) is 42.5 Å². The van der Waals surface area contributed by atoms with Gasteiger partial charge in [-0.1, -0.05) is 49.9 Å². The number of esters is 1. The second-order valence-corrected chi connectivity index (χ2v) is 8.50. The third-order valence-corrected chi connectivity index (χ3v) is 5.03. The van der Waals surface area contributed by atoms with Crippen molar-refractivity contribution in [3.8, 4) is 5.75 Å². The number of benzene rings is 3. The minimum absolute atomic E-state index is 0. The molecule has 0 N–H and O–H groups in total. The molecule has 0 aromatic heterocycles. The standard InChI is InChI=1S/C27H30NO4.CH4/c1-28(2,3)24-14-10-21(11-15-24)20-26(29)32-19-7-18-31-25-16-12-23(13-17-25)27(30)22-8-5-4-6-9-22;/h4-6,8-17H,7,18-20H2,1-3H3;1H4/q+1;. The Bertz CT molecular complexity index is 1020. The van der Waals surface area contributed by atoms with E-state index in [9.17, 15) is 9.59 Å². The number of hydrogen-bond acceptors (Lipinski definition) is 4. The summed E-state index contributed by atoms with van der Waals surface area (Å²) in [6, 6.07) is 24.3. The van der Waals surface area contributed by atoms with Crippen molar-refractivity contribution in [1.29, 1.82) is 0 Å². The van der Waals surface area contributed by atoms with Crippen molar-refractivity contribution >= 4 is 17.4 Å². The maximum absolute atomic E-state index is 12.4. The van der Waals surface area contributed by atoms with Crippen LogP contribution >= 0.6 is 0 Å². The zero-order valence-corrected chi connectivity index (χ0v) is 18.9. The van der Waals surface area contributed by atoms with Crippen LogP contribution in [0.5, 0.6) is 5.75 Å². The van der Waals surface area contributed by atoms with Crippen molar-refractivity contribution < 1.29 is 19.1 Å². The van der Waals surface area contributed by atoms with Crippen LogP contribution in [0.4, 0.5) is 5.69 Å². The molecule has 0 saturated heterocycles. The number of quaternary nitrogens is 1. The van der Waals surface area contributed by atoms with Crippen LogP contribution in [0.3, 0.4) is 0 Å². The minimum atomic E-state index is -0.244. The van der Waals surface area contributed by atoms with Gasteiger partial charge in [0.05, 0.1) is 40.8 Å². The highest BCUT2D eigenvalue weighted by Gasteiger charge is 2.12. The second kappa shape index (κ2) is 12.0. The largest absolute Gasteiger partial charge is 0.493 e. The number of ether oxygens (including phenoxy) is 2. The first kappa shape index (κ1) is 25.8. The lowest BCUT2D eigenvalue weighted by Gasteiger charge is -2.23. The molecule has 3 rings (SSSR count). The molecule has 5 heteroatoms. The third kappa shape index (κ3) is 7.88. The van der Waals surface area contributed by atoms with Crippen LogP contribution in [0.15, 0.2) is 78.9 Å². The van der Waals surface area contributed by atoms with Crippen LogP contribution in [-0.4, -0.2) is 46.1 Å². The Morgan fingerprint density at radius 3 is 1.97 bits per heavy atom. The summed E-state index contributed by atoms with van der Waals surface area (Å²) in [5, 5.41) is 0. The smallest absolute Gasteiger partial charge is 0.310 e. The molecular formula is C28H34NO4+. The predicted molar refractivity (Wildman–Crippen MR) is 134 cm³/mol. The molecule has 3 aromatic carbocycles. The Hall–Kier alpha value is -3.44. The SMILES string of the molecule is C.C[N+](C)(C)c1ccc(CC(=O)OCCCOc2ccc(C(=O)c3ccccc3)cc2)cc1. The highest BCUT2D eigenvalue weighted by molar-refractivity contribution is 6.08. The van der Waals surface area contributed by atoms with E-state index in [1.54, 1.807) is 36.4 Å². The summed E-state index contributed by atoms with van der Waals surface area (Å²) < 4.78 is 11.7. The molecule has 5 nitrogen and oxygen atoms in total. The lowest BCUT2D eigenvalue weighted by molar-refractivity contribution is -0.143. The molecule has 0 amide bonds. The molecule has 3 aromatic rings. The van der Waals surface area contributed by atoms with E-state index >= 15 is 0 Å². The lowest BCUT2D eigenvalue weighted by atomic mass is 10.0. The minimum Gasteiger partial charge on any atom is -0.493 e. The average molecular weight is 449 g/mol. The van der Waals surface area contributed by atoms with Gasteiger partial charge in [-0.15, -0.1) is 0 Å². The molecule has 0 bridgehead atoms. The molecule has 0 fully saturated rings. The Labute approximate surface area is 197 Å². The predicted octanol–water partition coefficient (Wildman–Crippen LogP) is 5.31. The van der Waals surface area contributed by atoms with Gasteiger partial charge in [0.15, 0.2) is 5.78 Å². The molecule has 0 aliphatic heterocycles. The van der Waals surface area contributed by atoms with Crippen molar-refractivity contribution in [2.75, 3.05) is 34.4 Å². The van der Waals surface area contributed by atoms with E-state index in [2.05, 4.69) is 21.1 Å². The van der Waals surface area contributed by atoms with Gasteiger partial charge in [0.1, 0.15) is 11.4 Å². The normalized spacial score (nSPS) is 10.8. The Morgan fingerprint density at radius 1 is 0.758 bits per heavy atom. The van der Waals surface area contributed by atoms with E-state index in [0.717, 1.165) is 10.0 Å². The number of carbonyl (C=O) groups excluding carboxylic acids is 2. The molecule has 0 heterocycles. The molecule has 0 unspecified atom stereocenters. The third-order valence-electron chi connectivity index (χ3n) is 5.03. The van der Waals surface area contributed by atoms with Gasteiger partial charge in [-0.25, -0.2) is 0 Å². The molecule has 0 aliphatic carbocycles. The molecule has 0 atom stereocenters. The van der Waals surface area contributed by atoms with Gasteiger partial charge >= 0.3 is 5.97 Å². The van der Waals surface area contributed by atoms with Crippen molar-refractivity contribution in [1.82, 2.24) is 4.48 Å². The van der Waals surface area contributed by atoms with Gasteiger partial charge in [-0.2, -0.15) is 0 Å². The number of carbonyl (C=O) groups is 2. The fourth-order valence-corrected chi connectivity index (χ4v) is 3.17. The van der Waals surface area contributed by atoms with Crippen molar-refractivity contribution in [3.63, 3.8) is 0 Å². The van der Waals surface area contributed by atoms with E-state index in [0.29, 0.717) is 36.5 Å². The van der Waals surface area contributed by atoms with Gasteiger partial charge in [-0.05, 0) is 42.0 Å². The van der Waals surface area contributed by atoms with E-state index in [1.165, 1.54) is 5.69 Å². The first-order chi connectivity index (χ1) is 15.3. The summed E-state index contributed by atoms with van der Waals surface area (Å²) >= 11 is 0. The van der Waals surface area contributed by atoms with E-state index < -0.39 is 0 Å². The van der Waals surface area contributed by atoms with Crippen LogP contribution in [-0.2, 0) is 16.0 Å². The van der Waals surface area contributed by atoms with Crippen LogP contribution in [0, 0.1) is 0 Å². The molecular weight excluding hydrogens is 414 g/mol. The average Bonchev–Trinajstić information content (AvgIpc) is 2.79. The van der Waals surface area contributed by atoms with Crippen LogP contribution in [0.25, 0.3) is 0 Å². The Morgan fingerprint density at radius 2 is 1.36 bits per heavy atom. The van der Waals surface area contributed by atoms with Crippen LogP contribution < -0.4 is 9.22 Å². The van der Waals surface area contributed by atoms with Crippen LogP contribution in [0.2, 0.25) is 0 Å². The maximum Gasteiger partial charge on any atom is 0.310 e. The molecule has 174 valence electrons. The summed E-state index contributed by atoms with van der Waals surface area (Å²) in [6.45, 7) is 0.734. The summed E-state index contributed by atoms with van der Waals surface area (Å²) in [4.78, 5) is 24.5. The molecule has 33 heavy (non-hydrogen) atoms. The van der Waals surface area contributed by atoms with Crippen molar-refractivity contribution in [2.45, 2.75) is 20.3 Å². The zero-order chi connectivity index (χ0) is 23.0. The fraction of sp³-hybridized carbons (Fsp3) is 0.286. The quantitative estimate of drug-likeness (QED) is 0.183. The Balaban J connectivity index is 0.00000385. The summed E-state index contributed by atoms with van der Waals surface area (Å²) in [5.41, 5.74) is 3.39. The number of nitrogens with zero attached hydrogens (tertiary/aromatic N) is 1. The summed E-state index contributed by atoms with van der Waals surface area (Å²) in [7, 11) is 6.30. The van der Waals surface area contributed by atoms with E-state index in [-0.39, 0.29) is 25.6 Å². The second-order valence-electron chi connectivity index (χ2n) is 8.50. The molecule has 0 saturated carbocycles. The highest BCUT2D eigenvalue weighted by atomic mass is 16.5. The van der Waals surface area contributed by atoms with Crippen LogP contribution in [0.1, 0.15) is 35.3 Å². The van der Waals surface area contributed by atoms with Crippen molar-refractivity contribution in [3.05, 3.63) is 95.6 Å². The topological polar surface area (TPSA) is 52.6 Å². The Kier molecular flexibility index (Phi) is 9.37. The van der Waals surface area contributed by atoms with Gasteiger partial charge in [-0.3, -0.25) is 14.1 Å². The monoisotopic (exact) mass is 448 g/mol. The highest BCUT2D eigenvalue weighted by Crippen LogP contribution is 2.18. The van der Waals surface area contributed by atoms with Gasteiger partial charge in [0, 0.05) is 17.5 Å². The molecule has 0 radical (unpaired) electrons. The fourth-order valence-electron chi connectivity index (χ4n) is 3.17. The lowest BCUT2D eigenvalue weighted by Crippen LogP contribution is -2.34. The first-order valence-corrected chi connectivity index (χ1v) is 10.7. The summed E-state index contributed by atoms with van der Waals surface area (Å²) in [6.07, 6.45) is 0.853. The van der Waals surface area contributed by atoms with Gasteiger partial charge < -0.3 is 9.47 Å². The van der Waals surface area contributed by atoms with Gasteiger partial charge in [0.2, 0.25) is 0 Å². The van der Waals surface area contributed by atoms with Crippen molar-refractivity contribution in [2.24, 2.45) is 0 Å². The molecule has 0 spiro atoms. The maximum atomic E-state index is 12.4.